The molecule has 0 rings (SSSR count). The van der Waals surface area contributed by atoms with E-state index in [1.807, 2.05) is 0 Å². The normalized spacial score (nSPS) is 11.8. The first-order valence-electron chi connectivity index (χ1n) is 8.57. The van der Waals surface area contributed by atoms with Crippen LogP contribution in [0.15, 0.2) is 12.2 Å². The van der Waals surface area contributed by atoms with Gasteiger partial charge in [-0.1, -0.05) is 70.4 Å². The quantitative estimate of drug-likeness (QED) is 0.284. The summed E-state index contributed by atoms with van der Waals surface area (Å²) in [5.41, 5.74) is 0. The van der Waals surface area contributed by atoms with Crippen LogP contribution < -0.4 is 0 Å². The summed E-state index contributed by atoms with van der Waals surface area (Å²) in [6, 6.07) is 0. The van der Waals surface area contributed by atoms with Crippen molar-refractivity contribution >= 4 is 0 Å². The molecule has 0 aromatic rings. The minimum atomic E-state index is 1.21. The van der Waals surface area contributed by atoms with Crippen LogP contribution in [0.2, 0.25) is 0 Å². The van der Waals surface area contributed by atoms with E-state index in [4.69, 9.17) is 0 Å². The monoisotopic (exact) mass is 267 g/mol. The molecule has 0 fully saturated rings. The van der Waals surface area contributed by atoms with E-state index >= 15 is 0 Å². The van der Waals surface area contributed by atoms with Gasteiger partial charge in [0.15, 0.2) is 0 Å². The van der Waals surface area contributed by atoms with Crippen LogP contribution in [0.3, 0.4) is 0 Å². The zero-order chi connectivity index (χ0) is 14.2. The summed E-state index contributed by atoms with van der Waals surface area (Å²) in [5, 5.41) is 0. The lowest BCUT2D eigenvalue weighted by Gasteiger charge is -2.06. The molecular formula is C18H37N. The van der Waals surface area contributed by atoms with Gasteiger partial charge in [0.1, 0.15) is 0 Å². The van der Waals surface area contributed by atoms with Crippen LogP contribution in [0.25, 0.3) is 0 Å². The number of hydrogen-bond donors (Lipinski definition) is 0. The summed E-state index contributed by atoms with van der Waals surface area (Å²) in [6.07, 6.45) is 21.5. The van der Waals surface area contributed by atoms with Crippen molar-refractivity contribution in [3.8, 4) is 0 Å². The fourth-order valence-corrected chi connectivity index (χ4v) is 2.33. The van der Waals surface area contributed by atoms with E-state index in [0.717, 1.165) is 0 Å². The molecule has 0 saturated carbocycles. The van der Waals surface area contributed by atoms with Crippen molar-refractivity contribution < 1.29 is 0 Å². The van der Waals surface area contributed by atoms with Crippen molar-refractivity contribution in [3.05, 3.63) is 12.2 Å². The Morgan fingerprint density at radius 3 is 1.63 bits per heavy atom. The highest BCUT2D eigenvalue weighted by molar-refractivity contribution is 4.81. The van der Waals surface area contributed by atoms with Crippen LogP contribution in [0.5, 0.6) is 0 Å². The standard InChI is InChI=1S/C18H37N/c1-4-5-6-7-8-9-10-11-12-13-14-15-16-17-18-19(2)3/h14-15H,4-13,16-18H2,1-3H3/b15-14+. The third-order valence-electron chi connectivity index (χ3n) is 3.62. The highest BCUT2D eigenvalue weighted by Crippen LogP contribution is 2.10. The van der Waals surface area contributed by atoms with Crippen molar-refractivity contribution in [3.63, 3.8) is 0 Å². The van der Waals surface area contributed by atoms with Crippen LogP contribution >= 0.6 is 0 Å². The molecule has 0 bridgehead atoms. The van der Waals surface area contributed by atoms with Gasteiger partial charge in [-0.25, -0.2) is 0 Å². The van der Waals surface area contributed by atoms with Crippen molar-refractivity contribution in [2.24, 2.45) is 0 Å². The summed E-state index contributed by atoms with van der Waals surface area (Å²) in [5.74, 6) is 0. The van der Waals surface area contributed by atoms with E-state index < -0.39 is 0 Å². The van der Waals surface area contributed by atoms with E-state index in [2.05, 4.69) is 38.1 Å². The largest absolute Gasteiger partial charge is 0.309 e. The van der Waals surface area contributed by atoms with E-state index in [1.165, 1.54) is 83.6 Å². The number of allylic oxidation sites excluding steroid dienone is 2. The molecule has 0 amide bonds. The molecule has 1 nitrogen and oxygen atoms in total. The zero-order valence-corrected chi connectivity index (χ0v) is 13.8. The second-order valence-corrected chi connectivity index (χ2v) is 6.03. The molecule has 1 heteroatoms. The first-order valence-corrected chi connectivity index (χ1v) is 8.57. The Labute approximate surface area is 122 Å². The van der Waals surface area contributed by atoms with Crippen LogP contribution in [-0.4, -0.2) is 25.5 Å². The topological polar surface area (TPSA) is 3.24 Å². The van der Waals surface area contributed by atoms with Crippen molar-refractivity contribution in [2.75, 3.05) is 20.6 Å². The highest BCUT2D eigenvalue weighted by atomic mass is 15.0. The molecule has 0 aliphatic heterocycles. The average Bonchev–Trinajstić information content (AvgIpc) is 2.39. The Morgan fingerprint density at radius 1 is 0.632 bits per heavy atom. The lowest BCUT2D eigenvalue weighted by Crippen LogP contribution is -2.12. The molecule has 0 aliphatic rings. The molecule has 114 valence electrons. The molecule has 0 aromatic carbocycles. The molecule has 19 heavy (non-hydrogen) atoms. The maximum atomic E-state index is 2.39. The maximum absolute atomic E-state index is 2.39. The molecule has 0 aromatic heterocycles. The molecule has 0 saturated heterocycles. The van der Waals surface area contributed by atoms with Gasteiger partial charge in [0, 0.05) is 0 Å². The van der Waals surface area contributed by atoms with Gasteiger partial charge < -0.3 is 4.90 Å². The molecule has 0 aliphatic carbocycles. The summed E-state index contributed by atoms with van der Waals surface area (Å²) in [7, 11) is 4.29. The minimum Gasteiger partial charge on any atom is -0.309 e. The van der Waals surface area contributed by atoms with Gasteiger partial charge in [-0.2, -0.15) is 0 Å². The molecule has 0 heterocycles. The predicted octanol–water partition coefficient (Wildman–Crippen LogP) is 5.81. The van der Waals surface area contributed by atoms with Gasteiger partial charge in [-0.15, -0.1) is 0 Å². The molecule has 0 atom stereocenters. The van der Waals surface area contributed by atoms with E-state index in [-0.39, 0.29) is 0 Å². The number of hydrogen-bond acceptors (Lipinski definition) is 1. The van der Waals surface area contributed by atoms with Crippen LogP contribution in [-0.2, 0) is 0 Å². The highest BCUT2D eigenvalue weighted by Gasteiger charge is 1.91. The van der Waals surface area contributed by atoms with Gasteiger partial charge in [0.05, 0.1) is 0 Å². The third-order valence-corrected chi connectivity index (χ3v) is 3.62. The predicted molar refractivity (Wildman–Crippen MR) is 88.8 cm³/mol. The lowest BCUT2D eigenvalue weighted by atomic mass is 10.1. The van der Waals surface area contributed by atoms with Crippen LogP contribution in [0, 0.1) is 0 Å². The first-order chi connectivity index (χ1) is 9.27. The summed E-state index contributed by atoms with van der Waals surface area (Å²) >= 11 is 0. The van der Waals surface area contributed by atoms with Gasteiger partial charge in [-0.05, 0) is 46.3 Å². The Morgan fingerprint density at radius 2 is 1.11 bits per heavy atom. The van der Waals surface area contributed by atoms with Crippen LogP contribution in [0.1, 0.15) is 84.0 Å². The van der Waals surface area contributed by atoms with Gasteiger partial charge in [0.2, 0.25) is 0 Å². The smallest absolute Gasteiger partial charge is 0.00219 e. The summed E-state index contributed by atoms with van der Waals surface area (Å²) in [6.45, 7) is 3.50. The summed E-state index contributed by atoms with van der Waals surface area (Å²) < 4.78 is 0. The summed E-state index contributed by atoms with van der Waals surface area (Å²) in [4.78, 5) is 2.26. The molecule has 0 radical (unpaired) electrons. The number of nitrogens with zero attached hydrogens (tertiary/aromatic N) is 1. The van der Waals surface area contributed by atoms with Gasteiger partial charge in [0.25, 0.3) is 0 Å². The molecule has 0 spiro atoms. The molecule has 0 unspecified atom stereocenters. The second-order valence-electron chi connectivity index (χ2n) is 6.03. The van der Waals surface area contributed by atoms with E-state index in [0.29, 0.717) is 0 Å². The maximum Gasteiger partial charge on any atom is -0.00219 e. The number of rotatable bonds is 14. The van der Waals surface area contributed by atoms with E-state index in [1.54, 1.807) is 0 Å². The van der Waals surface area contributed by atoms with Crippen molar-refractivity contribution in [1.82, 2.24) is 4.90 Å². The fourth-order valence-electron chi connectivity index (χ4n) is 2.33. The average molecular weight is 268 g/mol. The van der Waals surface area contributed by atoms with Gasteiger partial charge >= 0.3 is 0 Å². The minimum absolute atomic E-state index is 1.21. The Kier molecular flexibility index (Phi) is 15.5. The zero-order valence-electron chi connectivity index (χ0n) is 13.8. The van der Waals surface area contributed by atoms with Crippen molar-refractivity contribution in [1.29, 1.82) is 0 Å². The fraction of sp³-hybridized carbons (Fsp3) is 0.889. The second kappa shape index (κ2) is 15.8. The SMILES string of the molecule is CCCCCCCCCCC/C=C/CCCN(C)C. The van der Waals surface area contributed by atoms with Gasteiger partial charge in [-0.3, -0.25) is 0 Å². The lowest BCUT2D eigenvalue weighted by molar-refractivity contribution is 0.402. The molecular weight excluding hydrogens is 230 g/mol. The van der Waals surface area contributed by atoms with E-state index in [9.17, 15) is 0 Å². The number of unbranched alkanes of at least 4 members (excludes halogenated alkanes) is 10. The van der Waals surface area contributed by atoms with Crippen molar-refractivity contribution in [2.45, 2.75) is 84.0 Å². The molecule has 0 N–H and O–H groups in total. The van der Waals surface area contributed by atoms with Crippen LogP contribution in [0.4, 0.5) is 0 Å². The first kappa shape index (κ1) is 18.7. The Bertz CT molecular complexity index is 184. The Balaban J connectivity index is 3.03. The Hall–Kier alpha value is -0.300. The third kappa shape index (κ3) is 17.7.